The molecule has 2 aromatic carbocycles. The first-order chi connectivity index (χ1) is 15.0. The number of carbonyl (C=O) groups is 1. The Labute approximate surface area is 183 Å². The molecule has 160 valence electrons. The second-order valence-electron chi connectivity index (χ2n) is 8.91. The van der Waals surface area contributed by atoms with E-state index in [0.717, 1.165) is 48.6 Å². The Morgan fingerprint density at radius 2 is 1.81 bits per heavy atom. The number of benzene rings is 2. The fraction of sp³-hybridized carbons (Fsp3) is 0.346. The number of nitrogens with zero attached hydrogens (tertiary/aromatic N) is 2. The maximum absolute atomic E-state index is 13.0. The van der Waals surface area contributed by atoms with Crippen molar-refractivity contribution in [3.8, 4) is 11.4 Å². The van der Waals surface area contributed by atoms with Crippen molar-refractivity contribution < 1.29 is 9.53 Å². The highest BCUT2D eigenvalue weighted by Gasteiger charge is 2.42. The summed E-state index contributed by atoms with van der Waals surface area (Å²) in [5.41, 5.74) is 6.85. The maximum atomic E-state index is 13.0. The van der Waals surface area contributed by atoms with Gasteiger partial charge < -0.3 is 19.5 Å². The molecule has 5 rings (SSSR count). The Morgan fingerprint density at radius 1 is 1.06 bits per heavy atom. The van der Waals surface area contributed by atoms with Crippen molar-refractivity contribution in [2.24, 2.45) is 0 Å². The summed E-state index contributed by atoms with van der Waals surface area (Å²) in [5.74, 6) is 1.06. The molecule has 0 saturated carbocycles. The number of ether oxygens (including phenoxy) is 1. The normalized spacial score (nSPS) is 16.4. The number of piperidine rings is 1. The molecule has 0 unspecified atom stereocenters. The Kier molecular flexibility index (Phi) is 4.77. The molecule has 1 N–H and O–H groups in total. The number of amides is 1. The lowest BCUT2D eigenvalue weighted by molar-refractivity contribution is -0.132. The van der Waals surface area contributed by atoms with Crippen LogP contribution in [0.25, 0.3) is 5.69 Å². The number of rotatable bonds is 3. The van der Waals surface area contributed by atoms with Gasteiger partial charge in [-0.2, -0.15) is 0 Å². The number of hydrogen-bond donors (Lipinski definition) is 1. The predicted molar refractivity (Wildman–Crippen MR) is 123 cm³/mol. The van der Waals surface area contributed by atoms with Crippen LogP contribution >= 0.6 is 0 Å². The van der Waals surface area contributed by atoms with E-state index in [-0.39, 0.29) is 11.4 Å². The second-order valence-corrected chi connectivity index (χ2v) is 8.91. The van der Waals surface area contributed by atoms with Crippen LogP contribution < -0.4 is 10.1 Å². The van der Waals surface area contributed by atoms with Crippen molar-refractivity contribution in [3.05, 3.63) is 77.1 Å². The number of aromatic nitrogens is 1. The molecule has 0 bridgehead atoms. The van der Waals surface area contributed by atoms with Crippen LogP contribution in [-0.4, -0.2) is 35.6 Å². The van der Waals surface area contributed by atoms with E-state index in [9.17, 15) is 4.79 Å². The molecule has 5 heteroatoms. The fourth-order valence-electron chi connectivity index (χ4n) is 5.23. The van der Waals surface area contributed by atoms with Gasteiger partial charge in [-0.25, -0.2) is 0 Å². The highest BCUT2D eigenvalue weighted by Crippen LogP contribution is 2.44. The largest absolute Gasteiger partial charge is 0.497 e. The smallest absolute Gasteiger partial charge is 0.226 e. The van der Waals surface area contributed by atoms with Crippen LogP contribution in [0, 0.1) is 13.8 Å². The molecule has 3 heterocycles. The van der Waals surface area contributed by atoms with Crippen LogP contribution in [0.3, 0.4) is 0 Å². The molecule has 31 heavy (non-hydrogen) atoms. The third-order valence-electron chi connectivity index (χ3n) is 6.68. The van der Waals surface area contributed by atoms with Gasteiger partial charge in [-0.1, -0.05) is 29.3 Å². The molecule has 1 saturated heterocycles. The molecule has 2 aliphatic heterocycles. The standard InChI is InChI=1S/C26H29N3O2/c1-18-13-19(2)15-20(14-18)16-25(30)28-11-8-26(9-12-28)24-5-4-10-29(24)23-7-6-21(31-3)17-22(23)27-26/h4-7,10,13-15,17,27H,8-9,11-12,16H2,1-3H3. The lowest BCUT2D eigenvalue weighted by atomic mass is 9.82. The van der Waals surface area contributed by atoms with Gasteiger partial charge in [0.15, 0.2) is 0 Å². The molecule has 3 aromatic rings. The average Bonchev–Trinajstić information content (AvgIpc) is 3.24. The molecule has 0 radical (unpaired) electrons. The molecule has 1 aromatic heterocycles. The third-order valence-corrected chi connectivity index (χ3v) is 6.68. The minimum Gasteiger partial charge on any atom is -0.497 e. The molecule has 2 aliphatic rings. The number of likely N-dealkylation sites (tertiary alicyclic amines) is 1. The summed E-state index contributed by atoms with van der Waals surface area (Å²) < 4.78 is 7.72. The average molecular weight is 416 g/mol. The number of carbonyl (C=O) groups excluding carboxylic acids is 1. The van der Waals surface area contributed by atoms with Gasteiger partial charge in [0.25, 0.3) is 0 Å². The SMILES string of the molecule is COc1ccc2c(c1)NC1(CCN(C(=O)Cc3cc(C)cc(C)c3)CC1)c1cccn1-2. The predicted octanol–water partition coefficient (Wildman–Crippen LogP) is 4.59. The highest BCUT2D eigenvalue weighted by atomic mass is 16.5. The van der Waals surface area contributed by atoms with E-state index in [0.29, 0.717) is 6.42 Å². The van der Waals surface area contributed by atoms with E-state index >= 15 is 0 Å². The molecule has 1 amide bonds. The Bertz CT molecular complexity index is 1120. The van der Waals surface area contributed by atoms with Crippen molar-refractivity contribution in [2.75, 3.05) is 25.5 Å². The van der Waals surface area contributed by atoms with Gasteiger partial charge in [0.1, 0.15) is 5.75 Å². The van der Waals surface area contributed by atoms with Crippen LogP contribution in [0.15, 0.2) is 54.7 Å². The molecule has 0 aliphatic carbocycles. The monoisotopic (exact) mass is 415 g/mol. The number of fused-ring (bicyclic) bond motifs is 4. The van der Waals surface area contributed by atoms with Gasteiger partial charge in [-0.15, -0.1) is 0 Å². The van der Waals surface area contributed by atoms with Crippen molar-refractivity contribution >= 4 is 11.6 Å². The van der Waals surface area contributed by atoms with E-state index in [1.54, 1.807) is 7.11 Å². The molecule has 1 spiro atoms. The summed E-state index contributed by atoms with van der Waals surface area (Å²) in [6.07, 6.45) is 4.36. The van der Waals surface area contributed by atoms with E-state index in [2.05, 4.69) is 72.4 Å². The molecular formula is C26H29N3O2. The first kappa shape index (κ1) is 19.7. The summed E-state index contributed by atoms with van der Waals surface area (Å²) in [4.78, 5) is 15.0. The van der Waals surface area contributed by atoms with Gasteiger partial charge in [0.05, 0.1) is 30.4 Å². The lowest BCUT2D eigenvalue weighted by Gasteiger charge is -2.46. The number of aryl methyl sites for hydroxylation is 2. The summed E-state index contributed by atoms with van der Waals surface area (Å²) in [6, 6.07) is 16.9. The first-order valence-electron chi connectivity index (χ1n) is 11.0. The fourth-order valence-corrected chi connectivity index (χ4v) is 5.23. The lowest BCUT2D eigenvalue weighted by Crippen LogP contribution is -2.51. The topological polar surface area (TPSA) is 46.5 Å². The second kappa shape index (κ2) is 7.49. The maximum Gasteiger partial charge on any atom is 0.226 e. The van der Waals surface area contributed by atoms with Crippen molar-refractivity contribution in [1.29, 1.82) is 0 Å². The molecule has 0 atom stereocenters. The zero-order chi connectivity index (χ0) is 21.6. The van der Waals surface area contributed by atoms with Gasteiger partial charge in [-0.05, 0) is 56.5 Å². The Morgan fingerprint density at radius 3 is 2.52 bits per heavy atom. The number of anilines is 1. The Hall–Kier alpha value is -3.21. The van der Waals surface area contributed by atoms with Crippen molar-refractivity contribution in [2.45, 2.75) is 38.6 Å². The quantitative estimate of drug-likeness (QED) is 0.681. The van der Waals surface area contributed by atoms with E-state index < -0.39 is 0 Å². The van der Waals surface area contributed by atoms with Crippen molar-refractivity contribution in [3.63, 3.8) is 0 Å². The summed E-state index contributed by atoms with van der Waals surface area (Å²) in [7, 11) is 1.70. The minimum absolute atomic E-state index is 0.167. The molecule has 5 nitrogen and oxygen atoms in total. The number of nitrogens with one attached hydrogen (secondary N) is 1. The first-order valence-corrected chi connectivity index (χ1v) is 11.0. The van der Waals surface area contributed by atoms with Gasteiger partial charge in [-0.3, -0.25) is 4.79 Å². The van der Waals surface area contributed by atoms with Gasteiger partial charge in [0, 0.05) is 31.0 Å². The van der Waals surface area contributed by atoms with Crippen molar-refractivity contribution in [1.82, 2.24) is 9.47 Å². The van der Waals surface area contributed by atoms with E-state index in [4.69, 9.17) is 4.74 Å². The van der Waals surface area contributed by atoms with Gasteiger partial charge in [0.2, 0.25) is 5.91 Å². The van der Waals surface area contributed by atoms with Crippen LogP contribution in [0.2, 0.25) is 0 Å². The zero-order valence-electron chi connectivity index (χ0n) is 18.4. The third kappa shape index (κ3) is 3.48. The van der Waals surface area contributed by atoms with Gasteiger partial charge >= 0.3 is 0 Å². The number of hydrogen-bond acceptors (Lipinski definition) is 3. The van der Waals surface area contributed by atoms with Crippen LogP contribution in [0.1, 0.15) is 35.2 Å². The number of methoxy groups -OCH3 is 1. The van der Waals surface area contributed by atoms with Crippen LogP contribution in [0.4, 0.5) is 5.69 Å². The molecular weight excluding hydrogens is 386 g/mol. The van der Waals surface area contributed by atoms with Crippen LogP contribution in [0.5, 0.6) is 5.75 Å². The van der Waals surface area contributed by atoms with E-state index in [1.807, 2.05) is 11.0 Å². The molecule has 1 fully saturated rings. The summed E-state index contributed by atoms with van der Waals surface area (Å²) >= 11 is 0. The Balaban J connectivity index is 1.35. The zero-order valence-corrected chi connectivity index (χ0v) is 18.4. The van der Waals surface area contributed by atoms with E-state index in [1.165, 1.54) is 16.8 Å². The summed E-state index contributed by atoms with van der Waals surface area (Å²) in [6.45, 7) is 5.67. The van der Waals surface area contributed by atoms with Crippen LogP contribution in [-0.2, 0) is 16.8 Å². The highest BCUT2D eigenvalue weighted by molar-refractivity contribution is 5.79. The summed E-state index contributed by atoms with van der Waals surface area (Å²) in [5, 5.41) is 3.81. The minimum atomic E-state index is -0.167.